The van der Waals surface area contributed by atoms with Gasteiger partial charge in [-0.2, -0.15) is 0 Å². The van der Waals surface area contributed by atoms with Crippen LogP contribution in [0.3, 0.4) is 0 Å². The zero-order valence-electron chi connectivity index (χ0n) is 15.4. The molecule has 0 unspecified atom stereocenters. The van der Waals surface area contributed by atoms with Crippen LogP contribution in [0.1, 0.15) is 36.5 Å². The largest absolute Gasteiger partial charge is 0.317 e. The Morgan fingerprint density at radius 3 is 2.52 bits per heavy atom. The summed E-state index contributed by atoms with van der Waals surface area (Å²) in [4.78, 5) is 28.6. The minimum atomic E-state index is -0.558. The highest BCUT2D eigenvalue weighted by atomic mass is 16.2. The summed E-state index contributed by atoms with van der Waals surface area (Å²) in [5, 5.41) is 3.34. The van der Waals surface area contributed by atoms with E-state index in [4.69, 9.17) is 0 Å². The predicted octanol–water partition coefficient (Wildman–Crippen LogP) is 3.21. The van der Waals surface area contributed by atoms with Crippen LogP contribution in [0.4, 0.5) is 5.69 Å². The summed E-state index contributed by atoms with van der Waals surface area (Å²) in [6.45, 7) is 3.59. The van der Waals surface area contributed by atoms with Crippen LogP contribution in [0.25, 0.3) is 5.57 Å². The van der Waals surface area contributed by atoms with Gasteiger partial charge in [-0.05, 0) is 61.2 Å². The molecule has 1 aliphatic carbocycles. The normalized spacial score (nSPS) is 20.2. The molecule has 5 rings (SSSR count). The molecule has 0 aromatic heterocycles. The highest BCUT2D eigenvalue weighted by Gasteiger charge is 2.53. The third-order valence-corrected chi connectivity index (χ3v) is 6.43. The molecule has 2 heterocycles. The summed E-state index contributed by atoms with van der Waals surface area (Å²) in [5.41, 5.74) is 5.24. The molecule has 27 heavy (non-hydrogen) atoms. The highest BCUT2D eigenvalue weighted by Crippen LogP contribution is 2.48. The predicted molar refractivity (Wildman–Crippen MR) is 105 cm³/mol. The Labute approximate surface area is 158 Å². The van der Waals surface area contributed by atoms with E-state index in [1.807, 2.05) is 43.3 Å². The molecule has 2 aliphatic heterocycles. The van der Waals surface area contributed by atoms with E-state index in [0.717, 1.165) is 59.5 Å². The number of nitrogens with zero attached hydrogens (tertiary/aromatic N) is 1. The minimum Gasteiger partial charge on any atom is -0.317 e. The van der Waals surface area contributed by atoms with Crippen molar-refractivity contribution < 1.29 is 9.59 Å². The molecule has 136 valence electrons. The van der Waals surface area contributed by atoms with Crippen molar-refractivity contribution in [2.24, 2.45) is 0 Å². The average Bonchev–Trinajstić information content (AvgIpc) is 3.16. The van der Waals surface area contributed by atoms with Crippen LogP contribution in [-0.4, -0.2) is 24.9 Å². The molecular weight excluding hydrogens is 336 g/mol. The van der Waals surface area contributed by atoms with Crippen molar-refractivity contribution in [3.05, 3.63) is 70.8 Å². The van der Waals surface area contributed by atoms with Crippen LogP contribution in [0, 0.1) is 0 Å². The number of hydrogen-bond acceptors (Lipinski definition) is 3. The number of carbonyl (C=O) groups excluding carboxylic acids is 2. The summed E-state index contributed by atoms with van der Waals surface area (Å²) in [6.07, 6.45) is 2.08. The van der Waals surface area contributed by atoms with Gasteiger partial charge in [-0.1, -0.05) is 42.5 Å². The SMILES string of the molecule is CC1=C(C(=O)N2C(=O)C3(CCNCC3)c3ccccc32)Cc2ccccc21. The standard InChI is InChI=1S/C23H22N2O2/c1-15-17-7-3-2-6-16(17)14-18(15)21(26)25-20-9-5-4-8-19(20)23(22(25)27)10-12-24-13-11-23/h2-9,24H,10-14H2,1H3. The van der Waals surface area contributed by atoms with Crippen molar-refractivity contribution in [3.63, 3.8) is 0 Å². The number of carbonyl (C=O) groups is 2. The fourth-order valence-corrected chi connectivity index (χ4v) is 4.95. The van der Waals surface area contributed by atoms with Crippen molar-refractivity contribution >= 4 is 23.1 Å². The van der Waals surface area contributed by atoms with Crippen molar-refractivity contribution in [2.75, 3.05) is 18.0 Å². The van der Waals surface area contributed by atoms with Gasteiger partial charge in [-0.3, -0.25) is 9.59 Å². The highest BCUT2D eigenvalue weighted by molar-refractivity contribution is 6.29. The summed E-state index contributed by atoms with van der Waals surface area (Å²) in [5.74, 6) is -0.206. The topological polar surface area (TPSA) is 49.4 Å². The van der Waals surface area contributed by atoms with Crippen molar-refractivity contribution in [2.45, 2.75) is 31.6 Å². The Balaban J connectivity index is 1.59. The lowest BCUT2D eigenvalue weighted by atomic mass is 9.74. The van der Waals surface area contributed by atoms with Gasteiger partial charge < -0.3 is 5.32 Å². The second-order valence-corrected chi connectivity index (χ2v) is 7.73. The van der Waals surface area contributed by atoms with E-state index in [1.165, 1.54) is 4.90 Å². The number of benzene rings is 2. The van der Waals surface area contributed by atoms with Crippen LogP contribution in [0.15, 0.2) is 54.1 Å². The van der Waals surface area contributed by atoms with Gasteiger partial charge in [-0.25, -0.2) is 4.90 Å². The first-order valence-corrected chi connectivity index (χ1v) is 9.61. The van der Waals surface area contributed by atoms with Crippen molar-refractivity contribution in [1.29, 1.82) is 0 Å². The lowest BCUT2D eigenvalue weighted by Gasteiger charge is -2.32. The number of amides is 2. The lowest BCUT2D eigenvalue weighted by molar-refractivity contribution is -0.128. The van der Waals surface area contributed by atoms with E-state index < -0.39 is 5.41 Å². The molecule has 2 aromatic rings. The van der Waals surface area contributed by atoms with Gasteiger partial charge in [0.1, 0.15) is 0 Å². The summed E-state index contributed by atoms with van der Waals surface area (Å²) >= 11 is 0. The number of rotatable bonds is 1. The van der Waals surface area contributed by atoms with Gasteiger partial charge in [0.05, 0.1) is 11.1 Å². The monoisotopic (exact) mass is 358 g/mol. The zero-order valence-corrected chi connectivity index (χ0v) is 15.4. The average molecular weight is 358 g/mol. The third kappa shape index (κ3) is 2.20. The molecule has 1 saturated heterocycles. The van der Waals surface area contributed by atoms with Gasteiger partial charge in [0.25, 0.3) is 5.91 Å². The number of imide groups is 1. The molecule has 1 N–H and O–H groups in total. The molecule has 2 amide bonds. The molecule has 0 atom stereocenters. The quantitative estimate of drug-likeness (QED) is 0.797. The Kier molecular flexibility index (Phi) is 3.59. The first-order chi connectivity index (χ1) is 13.1. The molecule has 1 fully saturated rings. The fourth-order valence-electron chi connectivity index (χ4n) is 4.95. The van der Waals surface area contributed by atoms with E-state index in [1.54, 1.807) is 0 Å². The Morgan fingerprint density at radius 1 is 1.04 bits per heavy atom. The molecule has 0 bridgehead atoms. The molecule has 4 nitrogen and oxygen atoms in total. The first-order valence-electron chi connectivity index (χ1n) is 9.61. The van der Waals surface area contributed by atoms with E-state index >= 15 is 0 Å². The second-order valence-electron chi connectivity index (χ2n) is 7.73. The maximum Gasteiger partial charge on any atom is 0.261 e. The number of para-hydroxylation sites is 1. The summed E-state index contributed by atoms with van der Waals surface area (Å²) in [7, 11) is 0. The van der Waals surface area contributed by atoms with E-state index in [0.29, 0.717) is 6.42 Å². The zero-order chi connectivity index (χ0) is 18.6. The van der Waals surface area contributed by atoms with Gasteiger partial charge in [-0.15, -0.1) is 0 Å². The van der Waals surface area contributed by atoms with E-state index in [2.05, 4.69) is 17.4 Å². The molecule has 2 aromatic carbocycles. The minimum absolute atomic E-state index is 0.0496. The number of allylic oxidation sites excluding steroid dienone is 1. The van der Waals surface area contributed by atoms with Crippen LogP contribution >= 0.6 is 0 Å². The number of hydrogen-bond donors (Lipinski definition) is 1. The van der Waals surface area contributed by atoms with E-state index in [-0.39, 0.29) is 11.8 Å². The van der Waals surface area contributed by atoms with Gasteiger partial charge in [0.15, 0.2) is 0 Å². The van der Waals surface area contributed by atoms with Crippen LogP contribution in [-0.2, 0) is 21.4 Å². The molecule has 1 spiro atoms. The van der Waals surface area contributed by atoms with Gasteiger partial charge in [0, 0.05) is 12.0 Å². The fraction of sp³-hybridized carbons (Fsp3) is 0.304. The molecular formula is C23H22N2O2. The third-order valence-electron chi connectivity index (χ3n) is 6.43. The Bertz CT molecular complexity index is 999. The first kappa shape index (κ1) is 16.5. The maximum absolute atomic E-state index is 13.6. The molecule has 0 radical (unpaired) electrons. The van der Waals surface area contributed by atoms with Crippen LogP contribution < -0.4 is 10.2 Å². The van der Waals surface area contributed by atoms with Crippen molar-refractivity contribution in [3.8, 4) is 0 Å². The van der Waals surface area contributed by atoms with Crippen molar-refractivity contribution in [1.82, 2.24) is 5.32 Å². The second kappa shape index (κ2) is 5.89. The maximum atomic E-state index is 13.6. The Morgan fingerprint density at radius 2 is 1.74 bits per heavy atom. The number of nitrogens with one attached hydrogen (secondary N) is 1. The molecule has 3 aliphatic rings. The van der Waals surface area contributed by atoms with Gasteiger partial charge >= 0.3 is 0 Å². The Hall–Kier alpha value is -2.72. The lowest BCUT2D eigenvalue weighted by Crippen LogP contribution is -2.49. The number of anilines is 1. The summed E-state index contributed by atoms with van der Waals surface area (Å²) in [6, 6.07) is 15.9. The van der Waals surface area contributed by atoms with E-state index in [9.17, 15) is 9.59 Å². The van der Waals surface area contributed by atoms with Crippen LogP contribution in [0.2, 0.25) is 0 Å². The molecule has 0 saturated carbocycles. The van der Waals surface area contributed by atoms with Gasteiger partial charge in [0.2, 0.25) is 5.91 Å². The van der Waals surface area contributed by atoms with Crippen LogP contribution in [0.5, 0.6) is 0 Å². The molecule has 4 heteroatoms. The number of piperidine rings is 1. The number of fused-ring (bicyclic) bond motifs is 3. The smallest absolute Gasteiger partial charge is 0.261 e. The summed E-state index contributed by atoms with van der Waals surface area (Å²) < 4.78 is 0.